The summed E-state index contributed by atoms with van der Waals surface area (Å²) in [6.07, 6.45) is 2.04. The molecule has 0 saturated heterocycles. The third-order valence-corrected chi connectivity index (χ3v) is 4.25. The van der Waals surface area contributed by atoms with Gasteiger partial charge in [-0.25, -0.2) is 0 Å². The van der Waals surface area contributed by atoms with Gasteiger partial charge in [0.05, 0.1) is 0 Å². The lowest BCUT2D eigenvalue weighted by molar-refractivity contribution is 0.0745. The fraction of sp³-hybridized carbons (Fsp3) is 0.278. The zero-order valence-corrected chi connectivity index (χ0v) is 12.3. The number of aryl methyl sites for hydroxylation is 1. The van der Waals surface area contributed by atoms with E-state index >= 15 is 0 Å². The van der Waals surface area contributed by atoms with E-state index in [1.807, 2.05) is 36.1 Å². The van der Waals surface area contributed by atoms with Crippen molar-refractivity contribution in [2.45, 2.75) is 26.3 Å². The Hall–Kier alpha value is -2.29. The molecule has 2 N–H and O–H groups in total. The van der Waals surface area contributed by atoms with Gasteiger partial charge in [0.25, 0.3) is 5.91 Å². The number of rotatable bonds is 1. The maximum absolute atomic E-state index is 12.8. The highest BCUT2D eigenvalue weighted by Gasteiger charge is 2.21. The van der Waals surface area contributed by atoms with Gasteiger partial charge in [-0.1, -0.05) is 30.3 Å². The standard InChI is InChI=1S/C18H20N2O/c1-13-16(9-4-10-17(13)19)18(21)20-11-5-8-14-6-2-3-7-15(14)12-20/h2-4,6-7,9-10H,5,8,11-12,19H2,1H3. The molecule has 0 bridgehead atoms. The maximum Gasteiger partial charge on any atom is 0.254 e. The Morgan fingerprint density at radius 2 is 1.86 bits per heavy atom. The molecular weight excluding hydrogens is 260 g/mol. The number of hydrogen-bond donors (Lipinski definition) is 1. The third kappa shape index (κ3) is 2.64. The van der Waals surface area contributed by atoms with Gasteiger partial charge in [-0.2, -0.15) is 0 Å². The SMILES string of the molecule is Cc1c(N)cccc1C(=O)N1CCCc2ccccc2C1. The lowest BCUT2D eigenvalue weighted by Crippen LogP contribution is -2.31. The van der Waals surface area contributed by atoms with Crippen molar-refractivity contribution in [3.63, 3.8) is 0 Å². The predicted molar refractivity (Wildman–Crippen MR) is 85.1 cm³/mol. The van der Waals surface area contributed by atoms with Crippen molar-refractivity contribution >= 4 is 11.6 Å². The molecule has 0 unspecified atom stereocenters. The van der Waals surface area contributed by atoms with Crippen LogP contribution in [0.25, 0.3) is 0 Å². The number of nitrogens with two attached hydrogens (primary N) is 1. The van der Waals surface area contributed by atoms with Crippen LogP contribution in [0, 0.1) is 6.92 Å². The van der Waals surface area contributed by atoms with E-state index in [0.717, 1.165) is 30.5 Å². The van der Waals surface area contributed by atoms with Crippen molar-refractivity contribution in [1.82, 2.24) is 4.90 Å². The molecule has 0 aliphatic carbocycles. The number of benzene rings is 2. The number of nitrogen functional groups attached to an aromatic ring is 1. The number of nitrogens with zero attached hydrogens (tertiary/aromatic N) is 1. The molecule has 0 fully saturated rings. The van der Waals surface area contributed by atoms with E-state index in [1.165, 1.54) is 11.1 Å². The summed E-state index contributed by atoms with van der Waals surface area (Å²) in [7, 11) is 0. The van der Waals surface area contributed by atoms with Crippen molar-refractivity contribution in [2.24, 2.45) is 0 Å². The first kappa shape index (κ1) is 13.7. The summed E-state index contributed by atoms with van der Waals surface area (Å²) in [5.74, 6) is 0.0801. The quantitative estimate of drug-likeness (QED) is 0.816. The van der Waals surface area contributed by atoms with Crippen molar-refractivity contribution in [1.29, 1.82) is 0 Å². The lowest BCUT2D eigenvalue weighted by atomic mass is 10.0. The zero-order chi connectivity index (χ0) is 14.8. The smallest absolute Gasteiger partial charge is 0.254 e. The molecule has 0 aromatic heterocycles. The summed E-state index contributed by atoms with van der Waals surface area (Å²) >= 11 is 0. The van der Waals surface area contributed by atoms with E-state index in [2.05, 4.69) is 18.2 Å². The lowest BCUT2D eigenvalue weighted by Gasteiger charge is -2.22. The van der Waals surface area contributed by atoms with E-state index in [-0.39, 0.29) is 5.91 Å². The van der Waals surface area contributed by atoms with Crippen LogP contribution in [-0.2, 0) is 13.0 Å². The monoisotopic (exact) mass is 280 g/mol. The largest absolute Gasteiger partial charge is 0.398 e. The van der Waals surface area contributed by atoms with Gasteiger partial charge in [-0.3, -0.25) is 4.79 Å². The highest BCUT2D eigenvalue weighted by Crippen LogP contribution is 2.22. The summed E-state index contributed by atoms with van der Waals surface area (Å²) in [5.41, 5.74) is 10.8. The van der Waals surface area contributed by atoms with Crippen LogP contribution in [0.5, 0.6) is 0 Å². The fourth-order valence-corrected chi connectivity index (χ4v) is 2.93. The maximum atomic E-state index is 12.8. The summed E-state index contributed by atoms with van der Waals surface area (Å²) < 4.78 is 0. The molecule has 2 aromatic carbocycles. The fourth-order valence-electron chi connectivity index (χ4n) is 2.93. The van der Waals surface area contributed by atoms with Crippen LogP contribution in [0.2, 0.25) is 0 Å². The average molecular weight is 280 g/mol. The second-order valence-electron chi connectivity index (χ2n) is 5.62. The molecule has 0 spiro atoms. The van der Waals surface area contributed by atoms with Crippen LogP contribution in [-0.4, -0.2) is 17.4 Å². The Labute approximate surface area is 125 Å². The molecule has 1 aliphatic heterocycles. The summed E-state index contributed by atoms with van der Waals surface area (Å²) in [6.45, 7) is 3.39. The molecule has 1 aliphatic rings. The average Bonchev–Trinajstić information content (AvgIpc) is 2.71. The van der Waals surface area contributed by atoms with Crippen LogP contribution >= 0.6 is 0 Å². The molecule has 108 valence electrons. The minimum absolute atomic E-state index is 0.0801. The molecule has 21 heavy (non-hydrogen) atoms. The number of fused-ring (bicyclic) bond motifs is 1. The minimum Gasteiger partial charge on any atom is -0.398 e. The Bertz CT molecular complexity index is 679. The molecular formula is C18H20N2O. The topological polar surface area (TPSA) is 46.3 Å². The van der Waals surface area contributed by atoms with E-state index in [9.17, 15) is 4.79 Å². The highest BCUT2D eigenvalue weighted by molar-refractivity contribution is 5.96. The Morgan fingerprint density at radius 1 is 1.10 bits per heavy atom. The van der Waals surface area contributed by atoms with E-state index < -0.39 is 0 Å². The molecule has 0 atom stereocenters. The summed E-state index contributed by atoms with van der Waals surface area (Å²) in [5, 5.41) is 0. The highest BCUT2D eigenvalue weighted by atomic mass is 16.2. The van der Waals surface area contributed by atoms with Gasteiger partial charge in [0.1, 0.15) is 0 Å². The van der Waals surface area contributed by atoms with Gasteiger partial charge >= 0.3 is 0 Å². The first-order valence-corrected chi connectivity index (χ1v) is 7.38. The second-order valence-corrected chi connectivity index (χ2v) is 5.62. The summed E-state index contributed by atoms with van der Waals surface area (Å²) in [6, 6.07) is 13.9. The van der Waals surface area contributed by atoms with E-state index in [4.69, 9.17) is 5.73 Å². The summed E-state index contributed by atoms with van der Waals surface area (Å²) in [4.78, 5) is 14.7. The molecule has 0 radical (unpaired) electrons. The van der Waals surface area contributed by atoms with Crippen molar-refractivity contribution < 1.29 is 4.79 Å². The molecule has 3 heteroatoms. The van der Waals surface area contributed by atoms with E-state index in [1.54, 1.807) is 0 Å². The van der Waals surface area contributed by atoms with E-state index in [0.29, 0.717) is 12.2 Å². The van der Waals surface area contributed by atoms with Gasteiger partial charge in [0.2, 0.25) is 0 Å². The Kier molecular flexibility index (Phi) is 3.65. The molecule has 1 heterocycles. The van der Waals surface area contributed by atoms with Gasteiger partial charge in [0, 0.05) is 24.3 Å². The number of hydrogen-bond acceptors (Lipinski definition) is 2. The second kappa shape index (κ2) is 5.60. The molecule has 3 rings (SSSR count). The number of amides is 1. The van der Waals surface area contributed by atoms with Gasteiger partial charge in [0.15, 0.2) is 0 Å². The molecule has 3 nitrogen and oxygen atoms in total. The minimum atomic E-state index is 0.0801. The van der Waals surface area contributed by atoms with Crippen molar-refractivity contribution in [2.75, 3.05) is 12.3 Å². The number of anilines is 1. The van der Waals surface area contributed by atoms with Crippen LogP contribution in [0.15, 0.2) is 42.5 Å². The van der Waals surface area contributed by atoms with Crippen LogP contribution < -0.4 is 5.73 Å². The normalized spacial score (nSPS) is 14.4. The van der Waals surface area contributed by atoms with Crippen LogP contribution in [0.4, 0.5) is 5.69 Å². The van der Waals surface area contributed by atoms with Gasteiger partial charge in [-0.05, 0) is 48.6 Å². The van der Waals surface area contributed by atoms with Gasteiger partial charge < -0.3 is 10.6 Å². The Balaban J connectivity index is 1.90. The zero-order valence-electron chi connectivity index (χ0n) is 12.3. The van der Waals surface area contributed by atoms with Crippen molar-refractivity contribution in [3.05, 3.63) is 64.7 Å². The van der Waals surface area contributed by atoms with Crippen LogP contribution in [0.3, 0.4) is 0 Å². The molecule has 0 saturated carbocycles. The van der Waals surface area contributed by atoms with Gasteiger partial charge in [-0.15, -0.1) is 0 Å². The third-order valence-electron chi connectivity index (χ3n) is 4.25. The Morgan fingerprint density at radius 3 is 2.67 bits per heavy atom. The number of carbonyl (C=O) groups is 1. The first-order valence-electron chi connectivity index (χ1n) is 7.38. The van der Waals surface area contributed by atoms with Crippen molar-refractivity contribution in [3.8, 4) is 0 Å². The first-order chi connectivity index (χ1) is 10.2. The predicted octanol–water partition coefficient (Wildman–Crippen LogP) is 3.17. The number of carbonyl (C=O) groups excluding carboxylic acids is 1. The molecule has 2 aromatic rings. The van der Waals surface area contributed by atoms with Crippen LogP contribution in [0.1, 0.15) is 33.5 Å². The molecule has 1 amide bonds.